The fraction of sp³-hybridized carbons (Fsp3) is 0.636. The van der Waals surface area contributed by atoms with E-state index in [1.807, 2.05) is 0 Å². The van der Waals surface area contributed by atoms with Crippen LogP contribution in [0.1, 0.15) is 19.3 Å². The van der Waals surface area contributed by atoms with Crippen molar-refractivity contribution in [3.05, 3.63) is 12.4 Å². The Morgan fingerprint density at radius 3 is 3.06 bits per heavy atom. The van der Waals surface area contributed by atoms with E-state index in [0.717, 1.165) is 18.8 Å². The molecule has 1 heterocycles. The van der Waals surface area contributed by atoms with Crippen molar-refractivity contribution in [3.63, 3.8) is 0 Å². The maximum atomic E-state index is 6.21. The Balaban J connectivity index is 1.88. The van der Waals surface area contributed by atoms with Gasteiger partial charge in [0.05, 0.1) is 7.11 Å². The zero-order chi connectivity index (χ0) is 11.4. The first-order valence-electron chi connectivity index (χ1n) is 5.53. The largest absolute Gasteiger partial charge is 0.481 e. The summed E-state index contributed by atoms with van der Waals surface area (Å²) in [6, 6.07) is 1.79. The van der Waals surface area contributed by atoms with Gasteiger partial charge in [0.15, 0.2) is 0 Å². The lowest BCUT2D eigenvalue weighted by atomic mass is 10.1. The van der Waals surface area contributed by atoms with Crippen molar-refractivity contribution < 1.29 is 4.74 Å². The highest BCUT2D eigenvalue weighted by atomic mass is 35.5. The topological polar surface area (TPSA) is 47.0 Å². The van der Waals surface area contributed by atoms with Gasteiger partial charge >= 0.3 is 0 Å². The summed E-state index contributed by atoms with van der Waals surface area (Å²) < 4.78 is 5.03. The van der Waals surface area contributed by atoms with E-state index in [2.05, 4.69) is 15.3 Å². The van der Waals surface area contributed by atoms with Gasteiger partial charge in [0, 0.05) is 18.0 Å². The summed E-state index contributed by atoms with van der Waals surface area (Å²) in [5, 5.41) is 3.58. The molecule has 2 rings (SSSR count). The van der Waals surface area contributed by atoms with Crippen LogP contribution in [0.2, 0.25) is 0 Å². The van der Waals surface area contributed by atoms with Crippen LogP contribution in [0.5, 0.6) is 5.88 Å². The van der Waals surface area contributed by atoms with Crippen molar-refractivity contribution in [2.24, 2.45) is 5.92 Å². The minimum atomic E-state index is 0.302. The molecule has 5 heteroatoms. The summed E-state index contributed by atoms with van der Waals surface area (Å²) in [6.07, 6.45) is 5.05. The van der Waals surface area contributed by atoms with E-state index in [1.54, 1.807) is 13.2 Å². The van der Waals surface area contributed by atoms with Crippen LogP contribution < -0.4 is 10.1 Å². The Kier molecular flexibility index (Phi) is 3.83. The molecular formula is C11H16ClN3O. The van der Waals surface area contributed by atoms with E-state index in [1.165, 1.54) is 19.2 Å². The molecule has 4 nitrogen and oxygen atoms in total. The summed E-state index contributed by atoms with van der Waals surface area (Å²) in [7, 11) is 1.60. The molecule has 0 amide bonds. The number of halogens is 1. The van der Waals surface area contributed by atoms with Crippen LogP contribution >= 0.6 is 11.6 Å². The highest BCUT2D eigenvalue weighted by molar-refractivity contribution is 6.20. The summed E-state index contributed by atoms with van der Waals surface area (Å²) >= 11 is 6.21. The number of hydrogen-bond donors (Lipinski definition) is 1. The number of ether oxygens (including phenoxy) is 1. The number of nitrogens with one attached hydrogen (secondary N) is 1. The molecular weight excluding hydrogens is 226 g/mol. The van der Waals surface area contributed by atoms with Crippen molar-refractivity contribution in [2.75, 3.05) is 19.0 Å². The average molecular weight is 242 g/mol. The summed E-state index contributed by atoms with van der Waals surface area (Å²) in [5.74, 6) is 1.91. The molecule has 1 fully saturated rings. The van der Waals surface area contributed by atoms with Gasteiger partial charge in [0.2, 0.25) is 5.88 Å². The van der Waals surface area contributed by atoms with Crippen molar-refractivity contribution in [3.8, 4) is 5.88 Å². The molecule has 2 unspecified atom stereocenters. The molecule has 1 aliphatic carbocycles. The SMILES string of the molecule is COc1cc(NCC2CCCC2Cl)ncn1. The van der Waals surface area contributed by atoms with Crippen LogP contribution in [0, 0.1) is 5.92 Å². The summed E-state index contributed by atoms with van der Waals surface area (Å²) in [6.45, 7) is 0.869. The third kappa shape index (κ3) is 2.76. The molecule has 0 aromatic carbocycles. The van der Waals surface area contributed by atoms with Crippen molar-refractivity contribution in [1.82, 2.24) is 9.97 Å². The molecule has 2 atom stereocenters. The van der Waals surface area contributed by atoms with Crippen LogP contribution in [-0.2, 0) is 0 Å². The average Bonchev–Trinajstić information content (AvgIpc) is 2.72. The van der Waals surface area contributed by atoms with Gasteiger partial charge in [-0.3, -0.25) is 0 Å². The Bertz CT molecular complexity index is 348. The van der Waals surface area contributed by atoms with Gasteiger partial charge in [0.25, 0.3) is 0 Å². The van der Waals surface area contributed by atoms with Gasteiger partial charge < -0.3 is 10.1 Å². The van der Waals surface area contributed by atoms with Gasteiger partial charge in [-0.2, -0.15) is 0 Å². The van der Waals surface area contributed by atoms with Gasteiger partial charge in [-0.15, -0.1) is 11.6 Å². The lowest BCUT2D eigenvalue weighted by Gasteiger charge is -2.14. The number of aromatic nitrogens is 2. The second kappa shape index (κ2) is 5.34. The summed E-state index contributed by atoms with van der Waals surface area (Å²) in [4.78, 5) is 8.08. The third-order valence-corrected chi connectivity index (χ3v) is 3.54. The molecule has 0 spiro atoms. The number of anilines is 1. The van der Waals surface area contributed by atoms with E-state index in [-0.39, 0.29) is 0 Å². The number of rotatable bonds is 4. The first-order chi connectivity index (χ1) is 7.79. The molecule has 1 saturated carbocycles. The van der Waals surface area contributed by atoms with E-state index < -0.39 is 0 Å². The number of methoxy groups -OCH3 is 1. The zero-order valence-corrected chi connectivity index (χ0v) is 10.1. The Morgan fingerprint density at radius 2 is 2.38 bits per heavy atom. The van der Waals surface area contributed by atoms with Crippen LogP contribution in [0.25, 0.3) is 0 Å². The quantitative estimate of drug-likeness (QED) is 0.822. The lowest BCUT2D eigenvalue weighted by molar-refractivity contribution is 0.397. The maximum absolute atomic E-state index is 6.21. The van der Waals surface area contributed by atoms with Gasteiger partial charge in [-0.1, -0.05) is 6.42 Å². The van der Waals surface area contributed by atoms with E-state index in [4.69, 9.17) is 16.3 Å². The van der Waals surface area contributed by atoms with E-state index in [0.29, 0.717) is 17.2 Å². The Hall–Kier alpha value is -1.03. The molecule has 1 N–H and O–H groups in total. The number of alkyl halides is 1. The smallest absolute Gasteiger partial charge is 0.218 e. The van der Waals surface area contributed by atoms with Gasteiger partial charge in [0.1, 0.15) is 12.1 Å². The Labute approximate surface area is 100 Å². The first-order valence-corrected chi connectivity index (χ1v) is 5.97. The van der Waals surface area contributed by atoms with Crippen LogP contribution in [0.3, 0.4) is 0 Å². The molecule has 1 aliphatic rings. The third-order valence-electron chi connectivity index (χ3n) is 2.96. The molecule has 0 bridgehead atoms. The molecule has 88 valence electrons. The minimum Gasteiger partial charge on any atom is -0.481 e. The van der Waals surface area contributed by atoms with Crippen LogP contribution in [0.4, 0.5) is 5.82 Å². The van der Waals surface area contributed by atoms with Crippen LogP contribution in [-0.4, -0.2) is 29.0 Å². The lowest BCUT2D eigenvalue weighted by Crippen LogP contribution is -2.18. The second-order valence-corrected chi connectivity index (χ2v) is 4.59. The molecule has 0 aliphatic heterocycles. The predicted octanol–water partition coefficient (Wildman–Crippen LogP) is 2.30. The van der Waals surface area contributed by atoms with Gasteiger partial charge in [-0.25, -0.2) is 9.97 Å². The van der Waals surface area contributed by atoms with E-state index in [9.17, 15) is 0 Å². The van der Waals surface area contributed by atoms with Crippen molar-refractivity contribution in [1.29, 1.82) is 0 Å². The standard InChI is InChI=1S/C11H16ClN3O/c1-16-11-5-10(14-7-15-11)13-6-8-3-2-4-9(8)12/h5,7-9H,2-4,6H2,1H3,(H,13,14,15). The molecule has 16 heavy (non-hydrogen) atoms. The number of nitrogens with zero attached hydrogens (tertiary/aromatic N) is 2. The Morgan fingerprint density at radius 1 is 1.50 bits per heavy atom. The van der Waals surface area contributed by atoms with Crippen molar-refractivity contribution in [2.45, 2.75) is 24.6 Å². The van der Waals surface area contributed by atoms with Crippen LogP contribution in [0.15, 0.2) is 12.4 Å². The zero-order valence-electron chi connectivity index (χ0n) is 9.32. The number of hydrogen-bond acceptors (Lipinski definition) is 4. The second-order valence-electron chi connectivity index (χ2n) is 4.03. The van der Waals surface area contributed by atoms with Crippen molar-refractivity contribution >= 4 is 17.4 Å². The van der Waals surface area contributed by atoms with Gasteiger partial charge in [-0.05, 0) is 18.8 Å². The van der Waals surface area contributed by atoms with E-state index >= 15 is 0 Å². The predicted molar refractivity (Wildman–Crippen MR) is 64.1 cm³/mol. The fourth-order valence-electron chi connectivity index (χ4n) is 2.00. The molecule has 0 saturated heterocycles. The minimum absolute atomic E-state index is 0.302. The molecule has 1 aromatic heterocycles. The highest BCUT2D eigenvalue weighted by Crippen LogP contribution is 2.30. The molecule has 0 radical (unpaired) electrons. The summed E-state index contributed by atoms with van der Waals surface area (Å²) in [5.41, 5.74) is 0. The fourth-order valence-corrected chi connectivity index (χ4v) is 2.37. The highest BCUT2D eigenvalue weighted by Gasteiger charge is 2.24. The maximum Gasteiger partial charge on any atom is 0.218 e. The normalized spacial score (nSPS) is 24.4. The monoisotopic (exact) mass is 241 g/mol. The first kappa shape index (κ1) is 11.5. The molecule has 1 aromatic rings.